The molecule has 3 unspecified atom stereocenters. The summed E-state index contributed by atoms with van der Waals surface area (Å²) in [6.07, 6.45) is -0.370. The van der Waals surface area contributed by atoms with Crippen molar-refractivity contribution < 1.29 is 23.8 Å². The number of amides is 2. The van der Waals surface area contributed by atoms with Gasteiger partial charge in [-0.2, -0.15) is 0 Å². The highest BCUT2D eigenvalue weighted by Crippen LogP contribution is 2.34. The Morgan fingerprint density at radius 1 is 1.14 bits per heavy atom. The lowest BCUT2D eigenvalue weighted by atomic mass is 9.88. The zero-order chi connectivity index (χ0) is 15.8. The topological polar surface area (TPSA) is 68.3 Å². The molecule has 0 aromatic rings. The van der Waals surface area contributed by atoms with Gasteiger partial charge in [-0.25, -0.2) is 9.59 Å². The van der Waals surface area contributed by atoms with Crippen LogP contribution < -0.4 is 0 Å². The van der Waals surface area contributed by atoms with Crippen molar-refractivity contribution in [2.45, 2.75) is 58.1 Å². The second-order valence-corrected chi connectivity index (χ2v) is 6.52. The average molecular weight is 300 g/mol. The lowest BCUT2D eigenvalue weighted by Gasteiger charge is -2.55. The lowest BCUT2D eigenvalue weighted by molar-refractivity contribution is -0.103. The number of ether oxygens (including phenoxy) is 3. The summed E-state index contributed by atoms with van der Waals surface area (Å²) in [5.74, 6) is 0. The normalized spacial score (nSPS) is 26.0. The van der Waals surface area contributed by atoms with Crippen LogP contribution in [0.3, 0.4) is 0 Å². The summed E-state index contributed by atoms with van der Waals surface area (Å²) < 4.78 is 15.4. The highest BCUT2D eigenvalue weighted by atomic mass is 16.7. The van der Waals surface area contributed by atoms with E-state index >= 15 is 0 Å². The van der Waals surface area contributed by atoms with E-state index in [9.17, 15) is 9.59 Å². The fourth-order valence-electron chi connectivity index (χ4n) is 2.64. The van der Waals surface area contributed by atoms with Crippen molar-refractivity contribution >= 4 is 12.2 Å². The zero-order valence-corrected chi connectivity index (χ0v) is 13.3. The quantitative estimate of drug-likeness (QED) is 0.728. The van der Waals surface area contributed by atoms with Gasteiger partial charge in [0.1, 0.15) is 5.60 Å². The molecule has 3 rings (SSSR count). The van der Waals surface area contributed by atoms with Crippen LogP contribution in [-0.4, -0.2) is 66.2 Å². The van der Waals surface area contributed by atoms with Crippen LogP contribution in [0.25, 0.3) is 0 Å². The van der Waals surface area contributed by atoms with Crippen LogP contribution >= 0.6 is 0 Å². The van der Waals surface area contributed by atoms with E-state index in [1.807, 2.05) is 20.8 Å². The summed E-state index contributed by atoms with van der Waals surface area (Å²) in [6.45, 7) is 8.15. The molecule has 0 N–H and O–H groups in total. The molecule has 2 amide bonds. The van der Waals surface area contributed by atoms with Crippen LogP contribution in [-0.2, 0) is 14.2 Å². The van der Waals surface area contributed by atoms with Crippen LogP contribution in [0.15, 0.2) is 0 Å². The number of hydrogen-bond donors (Lipinski definition) is 0. The first-order chi connectivity index (χ1) is 9.71. The van der Waals surface area contributed by atoms with E-state index in [2.05, 4.69) is 0 Å². The highest BCUT2D eigenvalue weighted by molar-refractivity contribution is 5.72. The molecular weight excluding hydrogens is 276 g/mol. The maximum Gasteiger partial charge on any atom is 0.412 e. The Labute approximate surface area is 125 Å². The number of methoxy groups -OCH3 is 1. The van der Waals surface area contributed by atoms with Crippen LogP contribution in [0.5, 0.6) is 0 Å². The summed E-state index contributed by atoms with van der Waals surface area (Å²) >= 11 is 0. The third-order valence-electron chi connectivity index (χ3n) is 3.65. The van der Waals surface area contributed by atoms with Gasteiger partial charge in [-0.15, -0.1) is 0 Å². The summed E-state index contributed by atoms with van der Waals surface area (Å²) in [6, 6.07) is 0.0352. The highest BCUT2D eigenvalue weighted by Gasteiger charge is 2.50. The molecule has 0 aromatic carbocycles. The van der Waals surface area contributed by atoms with Gasteiger partial charge in [0.25, 0.3) is 0 Å². The lowest BCUT2D eigenvalue weighted by Crippen LogP contribution is -2.71. The molecule has 21 heavy (non-hydrogen) atoms. The van der Waals surface area contributed by atoms with Crippen molar-refractivity contribution in [3.63, 3.8) is 0 Å². The average Bonchev–Trinajstić information content (AvgIpc) is 2.36. The first-order valence-corrected chi connectivity index (χ1v) is 7.21. The number of carbonyl (C=O) groups excluding carboxylic acids is 2. The number of rotatable bonds is 2. The fraction of sp³-hybridized carbons (Fsp3) is 0.857. The Balaban J connectivity index is 1.88. The molecule has 3 aliphatic heterocycles. The summed E-state index contributed by atoms with van der Waals surface area (Å²) in [7, 11) is 1.48. The maximum atomic E-state index is 12.1. The van der Waals surface area contributed by atoms with Crippen LogP contribution in [0.2, 0.25) is 0 Å². The standard InChI is InChI=1S/C14H24N2O5/c1-9(19-5)20-12(17)15-7-10-6-11(8-15)16(10)13(18)21-14(2,3)4/h9-11H,6-8H2,1-5H3. The van der Waals surface area contributed by atoms with E-state index in [0.29, 0.717) is 13.1 Å². The molecule has 3 aliphatic rings. The minimum absolute atomic E-state index is 0.0176. The molecule has 3 saturated heterocycles. The van der Waals surface area contributed by atoms with Gasteiger partial charge in [0.15, 0.2) is 0 Å². The van der Waals surface area contributed by atoms with E-state index in [1.54, 1.807) is 16.7 Å². The Bertz CT molecular complexity index is 408. The fourth-order valence-corrected chi connectivity index (χ4v) is 2.64. The third-order valence-corrected chi connectivity index (χ3v) is 3.65. The largest absolute Gasteiger partial charge is 0.444 e. The molecule has 0 aliphatic carbocycles. The van der Waals surface area contributed by atoms with Crippen molar-refractivity contribution in [2.75, 3.05) is 20.2 Å². The number of nitrogens with zero attached hydrogens (tertiary/aromatic N) is 2. The predicted molar refractivity (Wildman–Crippen MR) is 74.8 cm³/mol. The van der Waals surface area contributed by atoms with E-state index in [1.165, 1.54) is 7.11 Å². The van der Waals surface area contributed by atoms with Gasteiger partial charge in [0.05, 0.1) is 12.1 Å². The van der Waals surface area contributed by atoms with Crippen molar-refractivity contribution in [3.05, 3.63) is 0 Å². The number of fused-ring (bicyclic) bond motifs is 2. The van der Waals surface area contributed by atoms with Crippen molar-refractivity contribution in [3.8, 4) is 0 Å². The Kier molecular flexibility index (Phi) is 4.32. The molecule has 3 atom stereocenters. The first-order valence-electron chi connectivity index (χ1n) is 7.21. The first kappa shape index (κ1) is 15.9. The number of carbonyl (C=O) groups is 2. The smallest absolute Gasteiger partial charge is 0.412 e. The second-order valence-electron chi connectivity index (χ2n) is 6.52. The van der Waals surface area contributed by atoms with Gasteiger partial charge in [-0.3, -0.25) is 4.90 Å². The molecule has 0 radical (unpaired) electrons. The molecule has 120 valence electrons. The number of hydrogen-bond acceptors (Lipinski definition) is 5. The Hall–Kier alpha value is -1.50. The van der Waals surface area contributed by atoms with E-state index < -0.39 is 18.0 Å². The SMILES string of the molecule is COC(C)OC(=O)N1CC2CC(C1)N2C(=O)OC(C)(C)C. The van der Waals surface area contributed by atoms with E-state index in [0.717, 1.165) is 6.42 Å². The molecule has 7 nitrogen and oxygen atoms in total. The van der Waals surface area contributed by atoms with Gasteiger partial charge in [0.2, 0.25) is 6.29 Å². The summed E-state index contributed by atoms with van der Waals surface area (Å²) in [5, 5.41) is 0. The van der Waals surface area contributed by atoms with Crippen molar-refractivity contribution in [1.82, 2.24) is 9.80 Å². The van der Waals surface area contributed by atoms with Crippen molar-refractivity contribution in [2.24, 2.45) is 0 Å². The predicted octanol–water partition coefficient (Wildman–Crippen LogP) is 1.81. The molecule has 3 fully saturated rings. The van der Waals surface area contributed by atoms with Gasteiger partial charge in [-0.1, -0.05) is 0 Å². The van der Waals surface area contributed by atoms with Crippen LogP contribution in [0, 0.1) is 0 Å². The Morgan fingerprint density at radius 2 is 1.71 bits per heavy atom. The van der Waals surface area contributed by atoms with Gasteiger partial charge in [-0.05, 0) is 34.1 Å². The second kappa shape index (κ2) is 5.71. The van der Waals surface area contributed by atoms with Gasteiger partial charge < -0.3 is 19.1 Å². The number of piperazine rings is 1. The Morgan fingerprint density at radius 3 is 2.19 bits per heavy atom. The summed E-state index contributed by atoms with van der Waals surface area (Å²) in [4.78, 5) is 27.4. The molecule has 0 aromatic heterocycles. The zero-order valence-electron chi connectivity index (χ0n) is 13.3. The van der Waals surface area contributed by atoms with Crippen LogP contribution in [0.4, 0.5) is 9.59 Å². The minimum atomic E-state index is -0.572. The molecule has 7 heteroatoms. The maximum absolute atomic E-state index is 12.1. The molecule has 0 saturated carbocycles. The molecular formula is C14H24N2O5. The van der Waals surface area contributed by atoms with E-state index in [4.69, 9.17) is 14.2 Å². The van der Waals surface area contributed by atoms with Gasteiger partial charge in [0, 0.05) is 20.2 Å². The van der Waals surface area contributed by atoms with Gasteiger partial charge >= 0.3 is 12.2 Å². The summed E-state index contributed by atoms with van der Waals surface area (Å²) in [5.41, 5.74) is -0.506. The molecule has 0 spiro atoms. The minimum Gasteiger partial charge on any atom is -0.444 e. The van der Waals surface area contributed by atoms with E-state index in [-0.39, 0.29) is 18.2 Å². The van der Waals surface area contributed by atoms with Crippen molar-refractivity contribution in [1.29, 1.82) is 0 Å². The van der Waals surface area contributed by atoms with Crippen LogP contribution in [0.1, 0.15) is 34.1 Å². The molecule has 2 bridgehead atoms. The number of piperidine rings is 1. The monoisotopic (exact) mass is 300 g/mol. The molecule has 3 heterocycles. The third kappa shape index (κ3) is 3.58.